The van der Waals surface area contributed by atoms with Crippen LogP contribution in [0.2, 0.25) is 52.4 Å². The molecule has 4 rings (SSSR count). The van der Waals surface area contributed by atoms with Gasteiger partial charge in [0.1, 0.15) is 0 Å². The fraction of sp³-hybridized carbons (Fsp3) is 0.421. The average Bonchev–Trinajstić information content (AvgIpc) is 3.49. The standard InChI is InChI=1S/2C18H25Si.C2H6Si.2ClH.Zr/c2*1-14(2)11-15-12-17-8-6-7-16(18(17)13-15)9-10-19(3,4)5;1-3-2;;;/h2*6-10,12-14H,11H2,1-5H3;1-2H3;2*1H;/q2*-1;;;;+4/p-2. The maximum atomic E-state index is 4.93. The van der Waals surface area contributed by atoms with E-state index in [9.17, 15) is 0 Å². The summed E-state index contributed by atoms with van der Waals surface area (Å²) in [5.74, 6) is 1.44. The van der Waals surface area contributed by atoms with Crippen LogP contribution in [0.25, 0.3) is 33.7 Å². The number of rotatable bonds is 8. The molecule has 0 N–H and O–H groups in total. The Hall–Kier alpha value is -0.746. The van der Waals surface area contributed by atoms with Gasteiger partial charge in [-0.25, -0.2) is 0 Å². The number of fused-ring (bicyclic) bond motifs is 2. The van der Waals surface area contributed by atoms with Crippen LogP contribution >= 0.6 is 17.0 Å². The number of hydrogen-bond donors (Lipinski definition) is 0. The van der Waals surface area contributed by atoms with Gasteiger partial charge in [0.15, 0.2) is 0 Å². The molecule has 44 heavy (non-hydrogen) atoms. The molecule has 0 bridgehead atoms. The van der Waals surface area contributed by atoms with E-state index >= 15 is 0 Å². The Labute approximate surface area is 294 Å². The van der Waals surface area contributed by atoms with Crippen molar-refractivity contribution in [1.29, 1.82) is 0 Å². The predicted octanol–water partition coefficient (Wildman–Crippen LogP) is 13.5. The summed E-state index contributed by atoms with van der Waals surface area (Å²) in [6, 6.07) is 22.7. The van der Waals surface area contributed by atoms with Gasteiger partial charge in [0.25, 0.3) is 0 Å². The Kier molecular flexibility index (Phi) is 19.2. The Bertz CT molecular complexity index is 1320. The van der Waals surface area contributed by atoms with Crippen molar-refractivity contribution in [2.75, 3.05) is 0 Å². The molecule has 0 aliphatic rings. The molecule has 4 aromatic rings. The summed E-state index contributed by atoms with van der Waals surface area (Å²) in [6.07, 6.45) is 7.00. The Morgan fingerprint density at radius 3 is 1.27 bits per heavy atom. The second-order valence-corrected chi connectivity index (χ2v) is 29.5. The van der Waals surface area contributed by atoms with E-state index < -0.39 is 37.0 Å². The molecule has 0 aliphatic heterocycles. The molecule has 0 heterocycles. The van der Waals surface area contributed by atoms with E-state index in [0.717, 1.165) is 21.4 Å². The zero-order chi connectivity index (χ0) is 33.5. The Balaban J connectivity index is 0.000000373. The van der Waals surface area contributed by atoms with E-state index in [1.54, 1.807) is 0 Å². The van der Waals surface area contributed by atoms with E-state index in [1.165, 1.54) is 56.6 Å². The summed E-state index contributed by atoms with van der Waals surface area (Å²) in [4.78, 5) is 0. The van der Waals surface area contributed by atoms with Crippen molar-refractivity contribution in [3.05, 3.63) is 94.3 Å². The summed E-state index contributed by atoms with van der Waals surface area (Å²) < 4.78 is 0. The van der Waals surface area contributed by atoms with Crippen LogP contribution in [-0.4, -0.2) is 25.7 Å². The first-order valence-corrected chi connectivity index (χ1v) is 31.3. The average molecular weight is 759 g/mol. The molecular weight excluding hydrogens is 703 g/mol. The second-order valence-electron chi connectivity index (χ2n) is 14.6. The zero-order valence-corrected chi connectivity index (χ0v) is 36.4. The minimum atomic E-state index is -1.13. The zero-order valence-electron chi connectivity index (χ0n) is 29.4. The van der Waals surface area contributed by atoms with Crippen LogP contribution in [0, 0.1) is 11.8 Å². The van der Waals surface area contributed by atoms with Gasteiger partial charge in [0.05, 0.1) is 16.1 Å². The third-order valence-corrected chi connectivity index (χ3v) is 8.84. The van der Waals surface area contributed by atoms with Gasteiger partial charge in [0.2, 0.25) is 0 Å². The molecule has 0 fully saturated rings. The topological polar surface area (TPSA) is 0 Å². The van der Waals surface area contributed by atoms with Crippen LogP contribution in [0.4, 0.5) is 0 Å². The van der Waals surface area contributed by atoms with Crippen molar-refractivity contribution in [2.24, 2.45) is 11.8 Å². The number of halogens is 2. The first kappa shape index (κ1) is 41.3. The van der Waals surface area contributed by atoms with Gasteiger partial charge in [0, 0.05) is 9.52 Å². The molecule has 6 heteroatoms. The fourth-order valence-electron chi connectivity index (χ4n) is 4.79. The van der Waals surface area contributed by atoms with Crippen molar-refractivity contribution in [1.82, 2.24) is 0 Å². The number of hydrogen-bond acceptors (Lipinski definition) is 0. The van der Waals surface area contributed by atoms with Crippen LogP contribution in [0.1, 0.15) is 49.9 Å². The first-order chi connectivity index (χ1) is 20.5. The van der Waals surface area contributed by atoms with Gasteiger partial charge in [-0.1, -0.05) is 127 Å². The second kappa shape index (κ2) is 20.5. The van der Waals surface area contributed by atoms with Crippen LogP contribution in [0.5, 0.6) is 0 Å². The third kappa shape index (κ3) is 16.7. The van der Waals surface area contributed by atoms with Crippen LogP contribution in [0.15, 0.2) is 72.1 Å². The van der Waals surface area contributed by atoms with E-state index in [0.29, 0.717) is 0 Å². The number of benzene rings is 2. The predicted molar refractivity (Wildman–Crippen MR) is 210 cm³/mol. The summed E-state index contributed by atoms with van der Waals surface area (Å²) in [7, 11) is 8.70. The van der Waals surface area contributed by atoms with Crippen LogP contribution in [0.3, 0.4) is 0 Å². The summed E-state index contributed by atoms with van der Waals surface area (Å²) in [5, 5.41) is 5.59. The molecule has 0 saturated heterocycles. The minimum absolute atomic E-state index is 0.720. The van der Waals surface area contributed by atoms with Gasteiger partial charge in [-0.2, -0.15) is 12.1 Å². The molecule has 0 unspecified atom stereocenters. The molecular formula is C38H56Cl2Si3Zr. The molecule has 0 nitrogen and oxygen atoms in total. The van der Waals surface area contributed by atoms with Gasteiger partial charge in [-0.3, -0.25) is 0 Å². The van der Waals surface area contributed by atoms with E-state index in [4.69, 9.17) is 17.0 Å². The maximum absolute atomic E-state index is 4.93. The van der Waals surface area contributed by atoms with E-state index in [2.05, 4.69) is 164 Å². The molecule has 0 aliphatic carbocycles. The van der Waals surface area contributed by atoms with Crippen molar-refractivity contribution >= 4 is 76.4 Å². The van der Waals surface area contributed by atoms with Crippen molar-refractivity contribution < 1.29 is 20.8 Å². The van der Waals surface area contributed by atoms with Gasteiger partial charge < -0.3 is 0 Å². The quantitative estimate of drug-likeness (QED) is 0.124. The first-order valence-electron chi connectivity index (χ1n) is 15.8. The summed E-state index contributed by atoms with van der Waals surface area (Å²) >= 11 is -0.826. The monoisotopic (exact) mass is 756 g/mol. The molecule has 0 aromatic heterocycles. The Morgan fingerprint density at radius 2 is 1.00 bits per heavy atom. The van der Waals surface area contributed by atoms with Gasteiger partial charge in [-0.05, 0) is 24.7 Å². The summed E-state index contributed by atoms with van der Waals surface area (Å²) in [5.41, 5.74) is 10.5. The normalized spacial score (nSPS) is 11.8. The summed E-state index contributed by atoms with van der Waals surface area (Å²) in [6.45, 7) is 27.7. The van der Waals surface area contributed by atoms with Crippen molar-refractivity contribution in [3.8, 4) is 0 Å². The molecule has 0 saturated carbocycles. The van der Waals surface area contributed by atoms with Gasteiger partial charge >= 0.3 is 37.9 Å². The van der Waals surface area contributed by atoms with Gasteiger partial charge in [-0.15, -0.1) is 69.1 Å². The van der Waals surface area contributed by atoms with Crippen molar-refractivity contribution in [2.45, 2.75) is 92.9 Å². The molecule has 238 valence electrons. The SMILES string of the molecule is CC(C)Cc1cc2c(C=C[Si](C)(C)C)cccc2[cH-]1.CC(C)Cc1cc2c(C=C[Si](C)(C)C)cccc2[cH-]1.C[Si]C.[Cl][Zr+2][Cl]. The molecule has 0 atom stereocenters. The fourth-order valence-corrected chi connectivity index (χ4v) is 6.15. The van der Waals surface area contributed by atoms with E-state index in [1.807, 2.05) is 0 Å². The molecule has 2 radical (unpaired) electrons. The molecule has 4 aromatic carbocycles. The van der Waals surface area contributed by atoms with E-state index in [-0.39, 0.29) is 0 Å². The van der Waals surface area contributed by atoms with Crippen LogP contribution < -0.4 is 0 Å². The Morgan fingerprint density at radius 1 is 0.682 bits per heavy atom. The van der Waals surface area contributed by atoms with Crippen LogP contribution in [-0.2, 0) is 33.7 Å². The third-order valence-electron chi connectivity index (χ3n) is 6.50. The molecule has 0 spiro atoms. The van der Waals surface area contributed by atoms with Crippen molar-refractivity contribution in [3.63, 3.8) is 0 Å². The molecule has 0 amide bonds.